The zero-order valence-corrected chi connectivity index (χ0v) is 11.4. The number of hydrogen-bond acceptors (Lipinski definition) is 5. The highest BCUT2D eigenvalue weighted by atomic mass is 16.5. The van der Waals surface area contributed by atoms with Crippen LogP contribution in [0.2, 0.25) is 0 Å². The van der Waals surface area contributed by atoms with Crippen molar-refractivity contribution >= 4 is 22.5 Å². The van der Waals surface area contributed by atoms with Crippen LogP contribution in [0.5, 0.6) is 0 Å². The zero-order valence-electron chi connectivity index (χ0n) is 11.4. The van der Waals surface area contributed by atoms with Gasteiger partial charge >= 0.3 is 0 Å². The van der Waals surface area contributed by atoms with Crippen molar-refractivity contribution in [1.29, 1.82) is 0 Å². The lowest BCUT2D eigenvalue weighted by Gasteiger charge is -2.08. The maximum absolute atomic E-state index is 11.5. The van der Waals surface area contributed by atoms with Crippen molar-refractivity contribution in [2.24, 2.45) is 0 Å². The molecule has 1 heterocycles. The summed E-state index contributed by atoms with van der Waals surface area (Å²) in [5.41, 5.74) is 1.72. The maximum atomic E-state index is 11.5. The van der Waals surface area contributed by atoms with Crippen LogP contribution < -0.4 is 10.6 Å². The number of fused-ring (bicyclic) bond motifs is 1. The fourth-order valence-corrected chi connectivity index (χ4v) is 1.84. The molecule has 2 aromatic rings. The van der Waals surface area contributed by atoms with E-state index < -0.39 is 0 Å². The molecule has 0 spiro atoms. The van der Waals surface area contributed by atoms with Crippen molar-refractivity contribution in [2.45, 2.75) is 6.42 Å². The number of aromatic nitrogens is 2. The number of anilines is 1. The van der Waals surface area contributed by atoms with E-state index in [9.17, 15) is 4.79 Å². The predicted molar refractivity (Wildman–Crippen MR) is 77.5 cm³/mol. The summed E-state index contributed by atoms with van der Waals surface area (Å²) < 4.78 is 4.87. The lowest BCUT2D eigenvalue weighted by molar-refractivity contribution is -0.121. The second-order valence-electron chi connectivity index (χ2n) is 4.29. The van der Waals surface area contributed by atoms with Gasteiger partial charge in [0.2, 0.25) is 5.91 Å². The number of hydrogen-bond donors (Lipinski definition) is 2. The molecule has 0 bridgehead atoms. The Balaban J connectivity index is 1.85. The molecule has 0 unspecified atom stereocenters. The van der Waals surface area contributed by atoms with Gasteiger partial charge < -0.3 is 15.4 Å². The number of carbonyl (C=O) groups is 1. The van der Waals surface area contributed by atoms with Crippen LogP contribution in [-0.4, -0.2) is 42.9 Å². The highest BCUT2D eigenvalue weighted by molar-refractivity contribution is 5.90. The van der Waals surface area contributed by atoms with E-state index in [4.69, 9.17) is 4.74 Å². The lowest BCUT2D eigenvalue weighted by Crippen LogP contribution is -2.28. The second kappa shape index (κ2) is 7.40. The third kappa shape index (κ3) is 3.89. The first-order valence-electron chi connectivity index (χ1n) is 6.51. The summed E-state index contributed by atoms with van der Waals surface area (Å²) in [4.78, 5) is 11.5. The Bertz CT molecular complexity index is 569. The monoisotopic (exact) mass is 274 g/mol. The molecule has 1 aromatic carbocycles. The first kappa shape index (κ1) is 14.2. The fraction of sp³-hybridized carbons (Fsp3) is 0.357. The first-order chi connectivity index (χ1) is 9.81. The number of ether oxygens (including phenoxy) is 1. The van der Waals surface area contributed by atoms with Gasteiger partial charge in [-0.3, -0.25) is 4.79 Å². The molecule has 2 rings (SSSR count). The predicted octanol–water partition coefficient (Wildman–Crippen LogP) is 1.19. The van der Waals surface area contributed by atoms with Crippen LogP contribution in [0.3, 0.4) is 0 Å². The third-order valence-electron chi connectivity index (χ3n) is 2.84. The minimum atomic E-state index is 0.000806. The molecule has 2 N–H and O–H groups in total. The molecule has 0 saturated carbocycles. The Morgan fingerprint density at radius 3 is 3.00 bits per heavy atom. The highest BCUT2D eigenvalue weighted by Gasteiger charge is 2.03. The minimum Gasteiger partial charge on any atom is -0.383 e. The first-order valence-corrected chi connectivity index (χ1v) is 6.51. The van der Waals surface area contributed by atoms with Crippen molar-refractivity contribution in [3.8, 4) is 0 Å². The summed E-state index contributed by atoms with van der Waals surface area (Å²) in [5.74, 6) is 0.000806. The topological polar surface area (TPSA) is 76.1 Å². The number of methoxy groups -OCH3 is 1. The van der Waals surface area contributed by atoms with Crippen LogP contribution in [0.4, 0.5) is 5.69 Å². The molecule has 0 aliphatic heterocycles. The van der Waals surface area contributed by atoms with Crippen molar-refractivity contribution in [3.63, 3.8) is 0 Å². The molecule has 1 aromatic heterocycles. The summed E-state index contributed by atoms with van der Waals surface area (Å²) in [6.07, 6.45) is 2.07. The van der Waals surface area contributed by atoms with Gasteiger partial charge in [-0.25, -0.2) is 0 Å². The highest BCUT2D eigenvalue weighted by Crippen LogP contribution is 2.19. The lowest BCUT2D eigenvalue weighted by atomic mass is 10.2. The van der Waals surface area contributed by atoms with Crippen LogP contribution in [0.25, 0.3) is 10.9 Å². The van der Waals surface area contributed by atoms with Crippen molar-refractivity contribution in [3.05, 3.63) is 30.5 Å². The molecular weight excluding hydrogens is 256 g/mol. The van der Waals surface area contributed by atoms with E-state index in [0.29, 0.717) is 26.1 Å². The molecule has 6 heteroatoms. The van der Waals surface area contributed by atoms with E-state index in [0.717, 1.165) is 16.6 Å². The van der Waals surface area contributed by atoms with E-state index in [1.54, 1.807) is 13.3 Å². The Kier molecular flexibility index (Phi) is 5.25. The van der Waals surface area contributed by atoms with E-state index in [2.05, 4.69) is 20.8 Å². The van der Waals surface area contributed by atoms with Gasteiger partial charge in [-0.15, -0.1) is 0 Å². The molecule has 0 saturated heterocycles. The van der Waals surface area contributed by atoms with Crippen LogP contribution in [0.15, 0.2) is 30.5 Å². The fourth-order valence-electron chi connectivity index (χ4n) is 1.84. The number of nitrogens with one attached hydrogen (secondary N) is 2. The molecule has 1 amide bonds. The van der Waals surface area contributed by atoms with E-state index >= 15 is 0 Å². The molecule has 0 aliphatic rings. The van der Waals surface area contributed by atoms with Gasteiger partial charge in [0.25, 0.3) is 0 Å². The van der Waals surface area contributed by atoms with Gasteiger partial charge in [-0.2, -0.15) is 10.2 Å². The van der Waals surface area contributed by atoms with Gasteiger partial charge in [0.05, 0.1) is 24.0 Å². The average molecular weight is 274 g/mol. The Labute approximate surface area is 117 Å². The number of carbonyl (C=O) groups excluding carboxylic acids is 1. The SMILES string of the molecule is COCCNC(=O)CCNc1cnnc2ccccc12. The van der Waals surface area contributed by atoms with Crippen LogP contribution >= 0.6 is 0 Å². The third-order valence-corrected chi connectivity index (χ3v) is 2.84. The summed E-state index contributed by atoms with van der Waals surface area (Å²) in [7, 11) is 1.61. The van der Waals surface area contributed by atoms with E-state index in [1.807, 2.05) is 24.3 Å². The van der Waals surface area contributed by atoms with Crippen LogP contribution in [0.1, 0.15) is 6.42 Å². The molecule has 0 fully saturated rings. The van der Waals surface area contributed by atoms with E-state index in [1.165, 1.54) is 0 Å². The number of benzene rings is 1. The largest absolute Gasteiger partial charge is 0.383 e. The number of amides is 1. The summed E-state index contributed by atoms with van der Waals surface area (Å²) in [6.45, 7) is 1.61. The van der Waals surface area contributed by atoms with Gasteiger partial charge in [0.15, 0.2) is 0 Å². The number of rotatable bonds is 7. The Morgan fingerprint density at radius 2 is 2.15 bits per heavy atom. The van der Waals surface area contributed by atoms with Crippen LogP contribution in [0, 0.1) is 0 Å². The molecular formula is C14H18N4O2. The molecule has 0 radical (unpaired) electrons. The summed E-state index contributed by atoms with van der Waals surface area (Å²) in [6, 6.07) is 7.76. The van der Waals surface area contributed by atoms with Gasteiger partial charge in [-0.05, 0) is 6.07 Å². The van der Waals surface area contributed by atoms with Crippen molar-refractivity contribution in [1.82, 2.24) is 15.5 Å². The van der Waals surface area contributed by atoms with Gasteiger partial charge in [-0.1, -0.05) is 18.2 Å². The smallest absolute Gasteiger partial charge is 0.221 e. The quantitative estimate of drug-likeness (QED) is 0.742. The van der Waals surface area contributed by atoms with Crippen LogP contribution in [-0.2, 0) is 9.53 Å². The Morgan fingerprint density at radius 1 is 1.30 bits per heavy atom. The maximum Gasteiger partial charge on any atom is 0.221 e. The molecule has 6 nitrogen and oxygen atoms in total. The van der Waals surface area contributed by atoms with E-state index in [-0.39, 0.29) is 5.91 Å². The van der Waals surface area contributed by atoms with Gasteiger partial charge in [0, 0.05) is 32.0 Å². The second-order valence-corrected chi connectivity index (χ2v) is 4.29. The standard InChI is InChI=1S/C14H18N4O2/c1-20-9-8-16-14(19)6-7-15-13-10-17-18-12-5-3-2-4-11(12)13/h2-5,10H,6-9H2,1H3,(H,15,18)(H,16,19). The van der Waals surface area contributed by atoms with Gasteiger partial charge in [0.1, 0.15) is 0 Å². The molecule has 20 heavy (non-hydrogen) atoms. The normalized spacial score (nSPS) is 10.4. The molecule has 0 atom stereocenters. The zero-order chi connectivity index (χ0) is 14.2. The van der Waals surface area contributed by atoms with Crippen molar-refractivity contribution in [2.75, 3.05) is 32.1 Å². The van der Waals surface area contributed by atoms with Crippen molar-refractivity contribution < 1.29 is 9.53 Å². The summed E-state index contributed by atoms with van der Waals surface area (Å²) in [5, 5.41) is 15.0. The molecule has 0 aliphatic carbocycles. The average Bonchev–Trinajstić information content (AvgIpc) is 2.48. The summed E-state index contributed by atoms with van der Waals surface area (Å²) >= 11 is 0. The number of nitrogens with zero attached hydrogens (tertiary/aromatic N) is 2. The minimum absolute atomic E-state index is 0.000806. The Hall–Kier alpha value is -2.21. The molecule has 106 valence electrons.